The molecule has 2 aromatic rings. The highest BCUT2D eigenvalue weighted by Gasteiger charge is 2.35. The Balaban J connectivity index is 1.71. The number of nitrogens with zero attached hydrogens (tertiary/aromatic N) is 1. The standard InChI is InChI=1S/C22H26INO4/c1-16(20-13-12-19(23)21(25)28-20)24(14-17-8-4-2-5-9-17)22(26)27-15-18-10-6-3-7-11-18/h2-11,16,19-21,25H,12-15H2,1H3/t16-,19?,20-,21?/m0/s1. The van der Waals surface area contributed by atoms with Crippen LogP contribution in [0.4, 0.5) is 4.79 Å². The van der Waals surface area contributed by atoms with Crippen molar-refractivity contribution in [3.63, 3.8) is 0 Å². The molecule has 1 fully saturated rings. The Kier molecular flexibility index (Phi) is 7.70. The molecule has 2 unspecified atom stereocenters. The first-order valence-corrected chi connectivity index (χ1v) is 10.8. The first kappa shape index (κ1) is 21.1. The van der Waals surface area contributed by atoms with E-state index in [0.29, 0.717) is 6.54 Å². The summed E-state index contributed by atoms with van der Waals surface area (Å²) >= 11 is 2.21. The van der Waals surface area contributed by atoms with Crippen LogP contribution in [0.2, 0.25) is 0 Å². The molecule has 5 nitrogen and oxygen atoms in total. The summed E-state index contributed by atoms with van der Waals surface area (Å²) in [5.74, 6) is 0. The van der Waals surface area contributed by atoms with Gasteiger partial charge >= 0.3 is 6.09 Å². The average Bonchev–Trinajstić information content (AvgIpc) is 2.73. The molecule has 0 aliphatic carbocycles. The van der Waals surface area contributed by atoms with Gasteiger partial charge in [0, 0.05) is 6.54 Å². The fourth-order valence-corrected chi connectivity index (χ4v) is 3.84. The zero-order valence-corrected chi connectivity index (χ0v) is 18.1. The molecule has 0 radical (unpaired) electrons. The number of carbonyl (C=O) groups excluding carboxylic acids is 1. The summed E-state index contributed by atoms with van der Waals surface area (Å²) < 4.78 is 11.5. The summed E-state index contributed by atoms with van der Waals surface area (Å²) in [6.07, 6.45) is 0.238. The van der Waals surface area contributed by atoms with Crippen LogP contribution in [0.15, 0.2) is 60.7 Å². The number of rotatable bonds is 6. The zero-order chi connectivity index (χ0) is 19.9. The molecule has 2 aromatic carbocycles. The number of hydrogen-bond acceptors (Lipinski definition) is 4. The molecule has 4 atom stereocenters. The van der Waals surface area contributed by atoms with Crippen molar-refractivity contribution in [1.82, 2.24) is 4.90 Å². The van der Waals surface area contributed by atoms with Crippen LogP contribution in [0.3, 0.4) is 0 Å². The van der Waals surface area contributed by atoms with Gasteiger partial charge in [0.15, 0.2) is 6.29 Å². The monoisotopic (exact) mass is 495 g/mol. The van der Waals surface area contributed by atoms with Crippen molar-refractivity contribution in [3.8, 4) is 0 Å². The third-order valence-corrected chi connectivity index (χ3v) is 6.25. The normalized spacial score (nSPS) is 23.0. The minimum Gasteiger partial charge on any atom is -0.445 e. The molecule has 28 heavy (non-hydrogen) atoms. The molecule has 6 heteroatoms. The van der Waals surface area contributed by atoms with E-state index in [1.54, 1.807) is 4.90 Å². The van der Waals surface area contributed by atoms with Gasteiger partial charge in [-0.05, 0) is 30.9 Å². The summed E-state index contributed by atoms with van der Waals surface area (Å²) in [5.41, 5.74) is 1.97. The molecule has 0 aromatic heterocycles. The number of halogens is 1. The number of carbonyl (C=O) groups is 1. The number of hydrogen-bond donors (Lipinski definition) is 1. The summed E-state index contributed by atoms with van der Waals surface area (Å²) in [4.78, 5) is 14.6. The van der Waals surface area contributed by atoms with Gasteiger partial charge < -0.3 is 14.6 Å². The SMILES string of the molecule is C[C@@H]([C@@H]1CCC(I)C(O)O1)N(Cc1ccccc1)C(=O)OCc1ccccc1. The Morgan fingerprint density at radius 3 is 2.36 bits per heavy atom. The van der Waals surface area contributed by atoms with Gasteiger partial charge in [0.25, 0.3) is 0 Å². The number of benzene rings is 2. The van der Waals surface area contributed by atoms with E-state index in [1.165, 1.54) is 0 Å². The quantitative estimate of drug-likeness (QED) is 0.473. The van der Waals surface area contributed by atoms with E-state index in [1.807, 2.05) is 67.6 Å². The predicted octanol–water partition coefficient (Wildman–Crippen LogP) is 4.51. The molecule has 1 heterocycles. The number of ether oxygens (including phenoxy) is 2. The molecular formula is C22H26INO4. The maximum atomic E-state index is 12.9. The molecule has 1 saturated heterocycles. The lowest BCUT2D eigenvalue weighted by molar-refractivity contribution is -0.171. The highest BCUT2D eigenvalue weighted by atomic mass is 127. The van der Waals surface area contributed by atoms with Gasteiger partial charge in [0.2, 0.25) is 0 Å². The van der Waals surface area contributed by atoms with E-state index < -0.39 is 6.29 Å². The summed E-state index contributed by atoms with van der Waals surface area (Å²) in [7, 11) is 0. The zero-order valence-electron chi connectivity index (χ0n) is 15.9. The van der Waals surface area contributed by atoms with Crippen LogP contribution in [0.25, 0.3) is 0 Å². The van der Waals surface area contributed by atoms with Crippen LogP contribution in [0, 0.1) is 0 Å². The van der Waals surface area contributed by atoms with Crippen molar-refractivity contribution in [2.75, 3.05) is 0 Å². The van der Waals surface area contributed by atoms with Crippen LogP contribution in [-0.4, -0.2) is 38.5 Å². The van der Waals surface area contributed by atoms with Crippen LogP contribution < -0.4 is 0 Å². The number of aliphatic hydroxyl groups is 1. The fourth-order valence-electron chi connectivity index (χ4n) is 3.31. The van der Waals surface area contributed by atoms with E-state index in [2.05, 4.69) is 22.6 Å². The number of aliphatic hydroxyl groups excluding tert-OH is 1. The van der Waals surface area contributed by atoms with Gasteiger partial charge in [-0.15, -0.1) is 0 Å². The topological polar surface area (TPSA) is 59.0 Å². The second-order valence-electron chi connectivity index (χ2n) is 7.05. The maximum absolute atomic E-state index is 12.9. The summed E-state index contributed by atoms with van der Waals surface area (Å²) in [5, 5.41) is 10.1. The molecule has 1 aliphatic heterocycles. The molecule has 1 aliphatic rings. The predicted molar refractivity (Wildman–Crippen MR) is 116 cm³/mol. The van der Waals surface area contributed by atoms with Crippen molar-refractivity contribution in [2.45, 2.75) is 55.3 Å². The number of amides is 1. The van der Waals surface area contributed by atoms with Gasteiger partial charge in [-0.25, -0.2) is 4.79 Å². The second kappa shape index (κ2) is 10.2. The number of alkyl halides is 1. The minimum atomic E-state index is -0.805. The molecule has 0 saturated carbocycles. The molecule has 3 rings (SSSR count). The van der Waals surface area contributed by atoms with Crippen LogP contribution >= 0.6 is 22.6 Å². The third kappa shape index (κ3) is 5.68. The second-order valence-corrected chi connectivity index (χ2v) is 8.65. The van der Waals surface area contributed by atoms with Gasteiger partial charge in [-0.1, -0.05) is 83.3 Å². The Bertz CT molecular complexity index is 743. The smallest absolute Gasteiger partial charge is 0.410 e. The van der Waals surface area contributed by atoms with Gasteiger partial charge in [0.05, 0.1) is 16.1 Å². The van der Waals surface area contributed by atoms with Gasteiger partial charge in [-0.3, -0.25) is 4.90 Å². The van der Waals surface area contributed by atoms with Gasteiger partial charge in [0.1, 0.15) is 6.61 Å². The highest BCUT2D eigenvalue weighted by molar-refractivity contribution is 14.1. The van der Waals surface area contributed by atoms with E-state index >= 15 is 0 Å². The lowest BCUT2D eigenvalue weighted by Crippen LogP contribution is -2.50. The largest absolute Gasteiger partial charge is 0.445 e. The average molecular weight is 495 g/mol. The van der Waals surface area contributed by atoms with E-state index in [0.717, 1.165) is 24.0 Å². The molecule has 1 amide bonds. The van der Waals surface area contributed by atoms with E-state index in [4.69, 9.17) is 9.47 Å². The van der Waals surface area contributed by atoms with E-state index in [-0.39, 0.29) is 28.8 Å². The maximum Gasteiger partial charge on any atom is 0.410 e. The van der Waals surface area contributed by atoms with Crippen molar-refractivity contribution in [1.29, 1.82) is 0 Å². The summed E-state index contributed by atoms with van der Waals surface area (Å²) in [6.45, 7) is 2.61. The Labute approximate surface area is 179 Å². The lowest BCUT2D eigenvalue weighted by atomic mass is 10.0. The summed E-state index contributed by atoms with van der Waals surface area (Å²) in [6, 6.07) is 19.2. The highest BCUT2D eigenvalue weighted by Crippen LogP contribution is 2.28. The Hall–Kier alpha value is -1.64. The first-order chi connectivity index (χ1) is 13.5. The van der Waals surface area contributed by atoms with Crippen molar-refractivity contribution < 1.29 is 19.4 Å². The lowest BCUT2D eigenvalue weighted by Gasteiger charge is -2.38. The molecule has 0 spiro atoms. The van der Waals surface area contributed by atoms with Gasteiger partial charge in [-0.2, -0.15) is 0 Å². The van der Waals surface area contributed by atoms with Crippen molar-refractivity contribution in [3.05, 3.63) is 71.8 Å². The van der Waals surface area contributed by atoms with Crippen LogP contribution in [0.5, 0.6) is 0 Å². The molecule has 0 bridgehead atoms. The van der Waals surface area contributed by atoms with Crippen molar-refractivity contribution >= 4 is 28.7 Å². The van der Waals surface area contributed by atoms with E-state index in [9.17, 15) is 9.90 Å². The Morgan fingerprint density at radius 1 is 1.14 bits per heavy atom. The molecular weight excluding hydrogens is 469 g/mol. The van der Waals surface area contributed by atoms with Crippen LogP contribution in [-0.2, 0) is 22.6 Å². The van der Waals surface area contributed by atoms with Crippen LogP contribution in [0.1, 0.15) is 30.9 Å². The van der Waals surface area contributed by atoms with Crippen molar-refractivity contribution in [2.24, 2.45) is 0 Å². The molecule has 1 N–H and O–H groups in total. The molecule has 150 valence electrons. The Morgan fingerprint density at radius 2 is 1.75 bits per heavy atom. The third-order valence-electron chi connectivity index (χ3n) is 5.02. The first-order valence-electron chi connectivity index (χ1n) is 9.53. The fraction of sp³-hybridized carbons (Fsp3) is 0.409. The minimum absolute atomic E-state index is 0.0775.